The van der Waals surface area contributed by atoms with Crippen LogP contribution in [0.3, 0.4) is 0 Å². The first-order valence-electron chi connectivity index (χ1n) is 7.41. The highest BCUT2D eigenvalue weighted by Gasteiger charge is 2.17. The van der Waals surface area contributed by atoms with Gasteiger partial charge in [-0.15, -0.1) is 0 Å². The van der Waals surface area contributed by atoms with Crippen LogP contribution < -0.4 is 9.46 Å². The molecule has 0 fully saturated rings. The molecule has 0 saturated heterocycles. The molecular formula is C15H26N2O3S. The quantitative estimate of drug-likeness (QED) is 0.758. The zero-order chi connectivity index (χ0) is 15.9. The van der Waals surface area contributed by atoms with E-state index in [1.165, 1.54) is 0 Å². The fourth-order valence-corrected chi connectivity index (χ4v) is 3.29. The molecule has 1 aromatic rings. The normalized spacial score (nSPS) is 13.4. The number of likely N-dealkylation sites (N-methyl/N-ethyl adjacent to an activating group) is 1. The maximum absolute atomic E-state index is 12.2. The smallest absolute Gasteiger partial charge is 0.240 e. The fraction of sp³-hybridized carbons (Fsp3) is 0.600. The maximum atomic E-state index is 12.2. The molecule has 1 aromatic carbocycles. The molecule has 0 amide bonds. The number of benzene rings is 1. The molecule has 0 aliphatic carbocycles. The highest BCUT2D eigenvalue weighted by atomic mass is 32.2. The van der Waals surface area contributed by atoms with Crippen LogP contribution in [0.5, 0.6) is 5.75 Å². The van der Waals surface area contributed by atoms with Gasteiger partial charge in [0.2, 0.25) is 10.0 Å². The average molecular weight is 314 g/mol. The molecule has 0 aromatic heterocycles. The molecule has 0 spiro atoms. The first kappa shape index (κ1) is 17.9. The zero-order valence-electron chi connectivity index (χ0n) is 13.3. The molecular weight excluding hydrogens is 288 g/mol. The molecule has 0 bridgehead atoms. The molecule has 0 aliphatic rings. The molecule has 5 nitrogen and oxygen atoms in total. The van der Waals surface area contributed by atoms with Gasteiger partial charge in [0.15, 0.2) is 0 Å². The van der Waals surface area contributed by atoms with Crippen LogP contribution in [-0.4, -0.2) is 45.6 Å². The van der Waals surface area contributed by atoms with Crippen molar-refractivity contribution in [3.8, 4) is 5.75 Å². The summed E-state index contributed by atoms with van der Waals surface area (Å²) in [6.45, 7) is 10.8. The predicted molar refractivity (Wildman–Crippen MR) is 85.2 cm³/mol. The number of hydrogen-bond donors (Lipinski definition) is 1. The van der Waals surface area contributed by atoms with Crippen molar-refractivity contribution in [2.24, 2.45) is 0 Å². The first-order valence-corrected chi connectivity index (χ1v) is 8.89. The van der Waals surface area contributed by atoms with E-state index in [-0.39, 0.29) is 10.9 Å². The molecule has 1 atom stereocenters. The Labute approximate surface area is 128 Å². The number of rotatable bonds is 9. The van der Waals surface area contributed by atoms with Gasteiger partial charge < -0.3 is 4.74 Å². The summed E-state index contributed by atoms with van der Waals surface area (Å²) < 4.78 is 32.4. The Bertz CT molecular complexity index is 510. The highest BCUT2D eigenvalue weighted by Crippen LogP contribution is 2.15. The second-order valence-corrected chi connectivity index (χ2v) is 6.59. The van der Waals surface area contributed by atoms with E-state index in [1.54, 1.807) is 24.3 Å². The van der Waals surface area contributed by atoms with E-state index < -0.39 is 10.0 Å². The lowest BCUT2D eigenvalue weighted by Gasteiger charge is -2.26. The highest BCUT2D eigenvalue weighted by molar-refractivity contribution is 7.89. The van der Waals surface area contributed by atoms with E-state index in [4.69, 9.17) is 4.74 Å². The molecule has 0 heterocycles. The van der Waals surface area contributed by atoms with Crippen molar-refractivity contribution in [2.75, 3.05) is 26.2 Å². The van der Waals surface area contributed by atoms with Crippen molar-refractivity contribution >= 4 is 10.0 Å². The minimum Gasteiger partial charge on any atom is -0.494 e. The van der Waals surface area contributed by atoms with Crippen molar-refractivity contribution in [3.63, 3.8) is 0 Å². The molecule has 1 rings (SSSR count). The standard InChI is InChI=1S/C15H26N2O3S/c1-5-17(6-2)13(4)12-16-21(18,19)15-10-8-14(9-11-15)20-7-3/h8-11,13,16H,5-7,12H2,1-4H3. The van der Waals surface area contributed by atoms with Crippen LogP contribution >= 0.6 is 0 Å². The summed E-state index contributed by atoms with van der Waals surface area (Å²) in [5, 5.41) is 0. The molecule has 1 unspecified atom stereocenters. The van der Waals surface area contributed by atoms with Crippen LogP contribution in [0.4, 0.5) is 0 Å². The summed E-state index contributed by atoms with van der Waals surface area (Å²) >= 11 is 0. The first-order chi connectivity index (χ1) is 9.94. The Morgan fingerprint density at radius 2 is 1.71 bits per heavy atom. The van der Waals surface area contributed by atoms with Crippen LogP contribution in [0.25, 0.3) is 0 Å². The molecule has 6 heteroatoms. The van der Waals surface area contributed by atoms with E-state index in [2.05, 4.69) is 23.5 Å². The summed E-state index contributed by atoms with van der Waals surface area (Å²) in [5.74, 6) is 0.674. The van der Waals surface area contributed by atoms with Crippen LogP contribution in [0.2, 0.25) is 0 Å². The Hall–Kier alpha value is -1.11. The zero-order valence-corrected chi connectivity index (χ0v) is 14.1. The Balaban J connectivity index is 2.68. The van der Waals surface area contributed by atoms with Crippen molar-refractivity contribution < 1.29 is 13.2 Å². The van der Waals surface area contributed by atoms with Crippen LogP contribution in [0.15, 0.2) is 29.2 Å². The number of nitrogens with one attached hydrogen (secondary N) is 1. The van der Waals surface area contributed by atoms with Crippen LogP contribution in [0, 0.1) is 0 Å². The molecule has 0 aliphatic heterocycles. The predicted octanol–water partition coefficient (Wildman–Crippen LogP) is 2.09. The topological polar surface area (TPSA) is 58.6 Å². The van der Waals surface area contributed by atoms with Gasteiger partial charge in [0.05, 0.1) is 11.5 Å². The third-order valence-corrected chi connectivity index (χ3v) is 4.89. The maximum Gasteiger partial charge on any atom is 0.240 e. The number of hydrogen-bond acceptors (Lipinski definition) is 4. The lowest BCUT2D eigenvalue weighted by atomic mass is 10.3. The fourth-order valence-electron chi connectivity index (χ4n) is 2.17. The number of sulfonamides is 1. The molecule has 120 valence electrons. The Kier molecular flexibility index (Phi) is 7.14. The van der Waals surface area contributed by atoms with Gasteiger partial charge in [-0.1, -0.05) is 13.8 Å². The average Bonchev–Trinajstić information content (AvgIpc) is 2.47. The van der Waals surface area contributed by atoms with Gasteiger partial charge in [0, 0.05) is 12.6 Å². The summed E-state index contributed by atoms with van der Waals surface area (Å²) in [4.78, 5) is 2.47. The van der Waals surface area contributed by atoms with Crippen molar-refractivity contribution in [1.82, 2.24) is 9.62 Å². The Morgan fingerprint density at radius 1 is 1.14 bits per heavy atom. The Morgan fingerprint density at radius 3 is 2.19 bits per heavy atom. The van der Waals surface area contributed by atoms with Gasteiger partial charge in [0.1, 0.15) is 5.75 Å². The van der Waals surface area contributed by atoms with Gasteiger partial charge >= 0.3 is 0 Å². The van der Waals surface area contributed by atoms with Crippen LogP contribution in [0.1, 0.15) is 27.7 Å². The third kappa shape index (κ3) is 5.30. The van der Waals surface area contributed by atoms with Crippen molar-refractivity contribution in [3.05, 3.63) is 24.3 Å². The number of ether oxygens (including phenoxy) is 1. The second kappa shape index (κ2) is 8.36. The van der Waals surface area contributed by atoms with E-state index >= 15 is 0 Å². The molecule has 0 radical (unpaired) electrons. The van der Waals surface area contributed by atoms with E-state index in [0.717, 1.165) is 13.1 Å². The molecule has 21 heavy (non-hydrogen) atoms. The SMILES string of the molecule is CCOc1ccc(S(=O)(=O)NCC(C)N(CC)CC)cc1. The van der Waals surface area contributed by atoms with Gasteiger partial charge in [-0.3, -0.25) is 4.90 Å². The summed E-state index contributed by atoms with van der Waals surface area (Å²) in [6, 6.07) is 6.64. The lowest BCUT2D eigenvalue weighted by molar-refractivity contribution is 0.232. The van der Waals surface area contributed by atoms with E-state index in [9.17, 15) is 8.42 Å². The van der Waals surface area contributed by atoms with Crippen LogP contribution in [-0.2, 0) is 10.0 Å². The largest absolute Gasteiger partial charge is 0.494 e. The molecule has 1 N–H and O–H groups in total. The minimum atomic E-state index is -3.47. The monoisotopic (exact) mass is 314 g/mol. The minimum absolute atomic E-state index is 0.164. The van der Waals surface area contributed by atoms with Crippen molar-refractivity contribution in [1.29, 1.82) is 0 Å². The lowest BCUT2D eigenvalue weighted by Crippen LogP contribution is -2.41. The second-order valence-electron chi connectivity index (χ2n) is 4.83. The van der Waals surface area contributed by atoms with E-state index in [0.29, 0.717) is 18.9 Å². The number of nitrogens with zero attached hydrogens (tertiary/aromatic N) is 1. The third-order valence-electron chi connectivity index (χ3n) is 3.45. The summed E-state index contributed by atoms with van der Waals surface area (Å²) in [6.07, 6.45) is 0. The van der Waals surface area contributed by atoms with Crippen molar-refractivity contribution in [2.45, 2.75) is 38.6 Å². The van der Waals surface area contributed by atoms with Gasteiger partial charge in [-0.05, 0) is 51.2 Å². The summed E-state index contributed by atoms with van der Waals surface area (Å²) in [5.41, 5.74) is 0. The van der Waals surface area contributed by atoms with Gasteiger partial charge in [-0.25, -0.2) is 13.1 Å². The molecule has 0 saturated carbocycles. The van der Waals surface area contributed by atoms with E-state index in [1.807, 2.05) is 13.8 Å². The summed E-state index contributed by atoms with van der Waals surface area (Å²) in [7, 11) is -3.47. The van der Waals surface area contributed by atoms with Gasteiger partial charge in [-0.2, -0.15) is 0 Å². The van der Waals surface area contributed by atoms with Gasteiger partial charge in [0.25, 0.3) is 0 Å².